The van der Waals surface area contributed by atoms with E-state index >= 15 is 0 Å². The monoisotopic (exact) mass is 460 g/mol. The summed E-state index contributed by atoms with van der Waals surface area (Å²) in [6.45, 7) is 6.07. The molecule has 0 saturated carbocycles. The molecule has 0 fully saturated rings. The van der Waals surface area contributed by atoms with Crippen molar-refractivity contribution in [3.8, 4) is 16.9 Å². The van der Waals surface area contributed by atoms with Gasteiger partial charge < -0.3 is 4.57 Å². The number of nitrogens with zero attached hydrogens (tertiary/aromatic N) is 1. The summed E-state index contributed by atoms with van der Waals surface area (Å²) in [7, 11) is -2.01. The predicted molar refractivity (Wildman–Crippen MR) is 133 cm³/mol. The van der Waals surface area contributed by atoms with Crippen molar-refractivity contribution in [3.05, 3.63) is 107 Å². The molecule has 0 saturated heterocycles. The number of nitrogens with one attached hydrogen (secondary N) is 1. The van der Waals surface area contributed by atoms with E-state index in [9.17, 15) is 13.2 Å². The van der Waals surface area contributed by atoms with Gasteiger partial charge in [0.2, 0.25) is 10.0 Å². The molecule has 33 heavy (non-hydrogen) atoms. The van der Waals surface area contributed by atoms with Gasteiger partial charge in [-0.05, 0) is 81.9 Å². The third kappa shape index (κ3) is 5.86. The molecule has 1 N–H and O–H groups in total. The van der Waals surface area contributed by atoms with Crippen LogP contribution in [0.25, 0.3) is 16.9 Å². The van der Waals surface area contributed by atoms with Crippen LogP contribution in [-0.4, -0.2) is 26.3 Å². The molecule has 4 rings (SSSR count). The summed E-state index contributed by atoms with van der Waals surface area (Å²) in [5, 5.41) is 0. The Hall–Kier alpha value is -3.48. The Labute approximate surface area is 195 Å². The minimum atomic E-state index is -3.42. The highest BCUT2D eigenvalue weighted by atomic mass is 32.2. The topological polar surface area (TPSA) is 68.2 Å². The van der Waals surface area contributed by atoms with Gasteiger partial charge in [0.05, 0.1) is 10.6 Å². The van der Waals surface area contributed by atoms with Gasteiger partial charge in [0, 0.05) is 16.9 Å². The predicted octanol–water partition coefficient (Wildman–Crippen LogP) is 5.48. The van der Waals surface area contributed by atoms with Crippen LogP contribution in [0, 0.1) is 20.8 Å². The maximum absolute atomic E-state index is 11.9. The molecule has 6 heteroatoms. The first-order chi connectivity index (χ1) is 15.7. The summed E-state index contributed by atoms with van der Waals surface area (Å²) < 4.78 is 28.2. The maximum Gasteiger partial charge on any atom is 0.240 e. The largest absolute Gasteiger partial charge is 0.314 e. The van der Waals surface area contributed by atoms with Crippen LogP contribution in [0.5, 0.6) is 0 Å². The second-order valence-electron chi connectivity index (χ2n) is 7.80. The van der Waals surface area contributed by atoms with Crippen LogP contribution >= 0.6 is 0 Å². The summed E-state index contributed by atoms with van der Waals surface area (Å²) in [6.07, 6.45) is 0.854. The molecule has 3 aromatic carbocycles. The SMILES string of the molecule is CNS(=O)(=O)c1ccc(-n2c(C)ccc2-c2cccc(C)c2)cc1.Cc1cccc(C=O)c1. The molecular weight excluding hydrogens is 432 g/mol. The van der Waals surface area contributed by atoms with Crippen LogP contribution in [0.15, 0.2) is 89.8 Å². The molecule has 0 amide bonds. The fourth-order valence-corrected chi connectivity index (χ4v) is 4.28. The number of benzene rings is 3. The first-order valence-electron chi connectivity index (χ1n) is 10.6. The van der Waals surface area contributed by atoms with Crippen molar-refractivity contribution < 1.29 is 13.2 Å². The van der Waals surface area contributed by atoms with E-state index in [1.54, 1.807) is 18.2 Å². The fraction of sp³-hybridized carbons (Fsp3) is 0.148. The van der Waals surface area contributed by atoms with Crippen molar-refractivity contribution in [2.75, 3.05) is 7.05 Å². The van der Waals surface area contributed by atoms with Gasteiger partial charge in [0.25, 0.3) is 0 Å². The standard InChI is InChI=1S/C19H20N2O2S.C8H8O/c1-14-5-4-6-16(13-14)19-12-7-15(2)21(19)17-8-10-18(11-9-17)24(22,23)20-3;1-7-3-2-4-8(5-7)6-9/h4-13,20H,1-3H3;2-6H,1H3. The van der Waals surface area contributed by atoms with Crippen molar-refractivity contribution >= 4 is 16.3 Å². The average molecular weight is 461 g/mol. The molecule has 0 aliphatic heterocycles. The molecule has 0 radical (unpaired) electrons. The molecule has 1 heterocycles. The van der Waals surface area contributed by atoms with E-state index in [0.29, 0.717) is 0 Å². The fourth-order valence-electron chi connectivity index (χ4n) is 3.55. The number of aryl methyl sites for hydroxylation is 3. The summed E-state index contributed by atoms with van der Waals surface area (Å²) in [6, 6.07) is 26.9. The van der Waals surface area contributed by atoms with E-state index < -0.39 is 10.0 Å². The Morgan fingerprint density at radius 1 is 0.788 bits per heavy atom. The maximum atomic E-state index is 11.9. The van der Waals surface area contributed by atoms with Crippen molar-refractivity contribution in [3.63, 3.8) is 0 Å². The van der Waals surface area contributed by atoms with Crippen molar-refractivity contribution in [2.24, 2.45) is 0 Å². The Morgan fingerprint density at radius 2 is 1.42 bits per heavy atom. The number of carbonyl (C=O) groups excluding carboxylic acids is 1. The summed E-state index contributed by atoms with van der Waals surface area (Å²) in [4.78, 5) is 10.4. The molecule has 1 aromatic heterocycles. The highest BCUT2D eigenvalue weighted by Gasteiger charge is 2.13. The molecular formula is C27H28N2O3S. The lowest BCUT2D eigenvalue weighted by Gasteiger charge is -2.13. The Bertz CT molecular complexity index is 1350. The Morgan fingerprint density at radius 3 is 1.97 bits per heavy atom. The van der Waals surface area contributed by atoms with Crippen molar-refractivity contribution in [1.82, 2.24) is 9.29 Å². The second-order valence-corrected chi connectivity index (χ2v) is 9.68. The Balaban J connectivity index is 0.000000286. The van der Waals surface area contributed by atoms with Gasteiger partial charge in [-0.1, -0.05) is 47.5 Å². The van der Waals surface area contributed by atoms with E-state index in [4.69, 9.17) is 0 Å². The molecule has 5 nitrogen and oxygen atoms in total. The molecule has 0 spiro atoms. The average Bonchev–Trinajstić information content (AvgIpc) is 3.21. The summed E-state index contributed by atoms with van der Waals surface area (Å²) >= 11 is 0. The van der Waals surface area contributed by atoms with E-state index in [0.717, 1.165) is 40.1 Å². The van der Waals surface area contributed by atoms with Crippen molar-refractivity contribution in [1.29, 1.82) is 0 Å². The Kier molecular flexibility index (Phi) is 7.63. The highest BCUT2D eigenvalue weighted by molar-refractivity contribution is 7.89. The minimum absolute atomic E-state index is 0.260. The van der Waals surface area contributed by atoms with Crippen LogP contribution in [0.3, 0.4) is 0 Å². The van der Waals surface area contributed by atoms with E-state index in [1.807, 2.05) is 50.2 Å². The zero-order valence-electron chi connectivity index (χ0n) is 19.2. The van der Waals surface area contributed by atoms with Crippen LogP contribution in [0.1, 0.15) is 27.2 Å². The van der Waals surface area contributed by atoms with Gasteiger partial charge in [-0.3, -0.25) is 4.79 Å². The quantitative estimate of drug-likeness (QED) is 0.401. The zero-order chi connectivity index (χ0) is 24.0. The first-order valence-corrected chi connectivity index (χ1v) is 12.0. The minimum Gasteiger partial charge on any atom is -0.314 e. The third-order valence-corrected chi connectivity index (χ3v) is 6.67. The number of rotatable bonds is 5. The van der Waals surface area contributed by atoms with Crippen LogP contribution in [-0.2, 0) is 10.0 Å². The smallest absolute Gasteiger partial charge is 0.240 e. The summed E-state index contributed by atoms with van der Waals surface area (Å²) in [5.74, 6) is 0. The highest BCUT2D eigenvalue weighted by Crippen LogP contribution is 2.27. The molecule has 4 aromatic rings. The molecule has 0 unspecified atom stereocenters. The second kappa shape index (κ2) is 10.4. The van der Waals surface area contributed by atoms with Gasteiger partial charge in [-0.15, -0.1) is 0 Å². The molecule has 0 aliphatic carbocycles. The molecule has 0 bridgehead atoms. The molecule has 170 valence electrons. The van der Waals surface area contributed by atoms with Gasteiger partial charge >= 0.3 is 0 Å². The van der Waals surface area contributed by atoms with Gasteiger partial charge in [-0.2, -0.15) is 0 Å². The van der Waals surface area contributed by atoms with Crippen LogP contribution in [0.2, 0.25) is 0 Å². The first kappa shape index (κ1) is 24.2. The third-order valence-electron chi connectivity index (χ3n) is 5.24. The zero-order valence-corrected chi connectivity index (χ0v) is 20.1. The number of hydrogen-bond acceptors (Lipinski definition) is 3. The lowest BCUT2D eigenvalue weighted by molar-refractivity contribution is 0.112. The number of carbonyl (C=O) groups is 1. The van der Waals surface area contributed by atoms with Crippen molar-refractivity contribution in [2.45, 2.75) is 25.7 Å². The summed E-state index contributed by atoms with van der Waals surface area (Å²) in [5.41, 5.74) is 7.32. The van der Waals surface area contributed by atoms with E-state index in [2.05, 4.69) is 46.5 Å². The molecule has 0 atom stereocenters. The lowest BCUT2D eigenvalue weighted by atomic mass is 10.1. The van der Waals surface area contributed by atoms with E-state index in [1.165, 1.54) is 12.6 Å². The number of sulfonamides is 1. The molecule has 0 aliphatic rings. The normalized spacial score (nSPS) is 10.9. The van der Waals surface area contributed by atoms with Gasteiger partial charge in [0.15, 0.2) is 0 Å². The number of aromatic nitrogens is 1. The number of aldehydes is 1. The number of hydrogen-bond donors (Lipinski definition) is 1. The van der Waals surface area contributed by atoms with Crippen LogP contribution in [0.4, 0.5) is 0 Å². The van der Waals surface area contributed by atoms with Gasteiger partial charge in [-0.25, -0.2) is 13.1 Å². The van der Waals surface area contributed by atoms with Gasteiger partial charge in [0.1, 0.15) is 6.29 Å². The van der Waals surface area contributed by atoms with Crippen LogP contribution < -0.4 is 4.72 Å². The van der Waals surface area contributed by atoms with E-state index in [-0.39, 0.29) is 4.90 Å². The lowest BCUT2D eigenvalue weighted by Crippen LogP contribution is -2.18.